The van der Waals surface area contributed by atoms with E-state index in [0.717, 1.165) is 42.9 Å². The minimum absolute atomic E-state index is 0.282. The monoisotopic (exact) mass is 287 g/mol. The number of benzene rings is 1. The Labute approximate surface area is 124 Å². The molecular weight excluding hydrogens is 266 g/mol. The zero-order valence-electron chi connectivity index (χ0n) is 12.1. The molecule has 6 heteroatoms. The van der Waals surface area contributed by atoms with Gasteiger partial charge in [-0.15, -0.1) is 5.10 Å². The number of anilines is 1. The largest absolute Gasteiger partial charge is 0.396 e. The fourth-order valence-electron chi connectivity index (χ4n) is 2.33. The zero-order valence-corrected chi connectivity index (χ0v) is 12.1. The molecule has 112 valence electrons. The molecule has 1 aliphatic rings. The van der Waals surface area contributed by atoms with Gasteiger partial charge >= 0.3 is 0 Å². The van der Waals surface area contributed by atoms with Gasteiger partial charge in [0.15, 0.2) is 5.82 Å². The van der Waals surface area contributed by atoms with Gasteiger partial charge in [-0.2, -0.15) is 0 Å². The van der Waals surface area contributed by atoms with Gasteiger partial charge < -0.3 is 10.4 Å². The van der Waals surface area contributed by atoms with Crippen LogP contribution < -0.4 is 5.32 Å². The molecule has 0 bridgehead atoms. The van der Waals surface area contributed by atoms with Gasteiger partial charge in [0.25, 0.3) is 0 Å². The predicted octanol–water partition coefficient (Wildman–Crippen LogP) is 2.25. The first-order valence-corrected chi connectivity index (χ1v) is 7.61. The molecule has 0 atom stereocenters. The minimum Gasteiger partial charge on any atom is -0.396 e. The Hall–Kier alpha value is -1.95. The maximum Gasteiger partial charge on any atom is 0.182 e. The molecule has 1 aromatic carbocycles. The number of hydrogen-bond donors (Lipinski definition) is 2. The van der Waals surface area contributed by atoms with Gasteiger partial charge in [-0.25, -0.2) is 4.68 Å². The molecule has 1 fully saturated rings. The molecular formula is C15H21N5O. The molecule has 1 aliphatic carbocycles. The third kappa shape index (κ3) is 3.58. The predicted molar refractivity (Wildman–Crippen MR) is 81.0 cm³/mol. The summed E-state index contributed by atoms with van der Waals surface area (Å²) >= 11 is 0. The fourth-order valence-corrected chi connectivity index (χ4v) is 2.33. The van der Waals surface area contributed by atoms with Gasteiger partial charge in [-0.05, 0) is 66.8 Å². The summed E-state index contributed by atoms with van der Waals surface area (Å²) in [6, 6.07) is 8.72. The van der Waals surface area contributed by atoms with Gasteiger partial charge in [0.1, 0.15) is 0 Å². The second-order valence-electron chi connectivity index (χ2n) is 5.47. The SMILES string of the molecule is OCCCCCNc1ccc(-c2nnnn2C2CC2)cc1. The lowest BCUT2D eigenvalue weighted by molar-refractivity contribution is 0.283. The van der Waals surface area contributed by atoms with Crippen molar-refractivity contribution in [1.82, 2.24) is 20.2 Å². The summed E-state index contributed by atoms with van der Waals surface area (Å²) in [7, 11) is 0. The number of unbranched alkanes of at least 4 members (excludes halogenated alkanes) is 2. The Morgan fingerprint density at radius 3 is 2.67 bits per heavy atom. The van der Waals surface area contributed by atoms with Crippen LogP contribution in [-0.2, 0) is 0 Å². The van der Waals surface area contributed by atoms with E-state index in [0.29, 0.717) is 6.04 Å². The Bertz CT molecular complexity index is 562. The van der Waals surface area contributed by atoms with Crippen LogP contribution in [0.1, 0.15) is 38.1 Å². The average Bonchev–Trinajstić information content (AvgIpc) is 3.25. The van der Waals surface area contributed by atoms with Crippen molar-refractivity contribution in [2.75, 3.05) is 18.5 Å². The van der Waals surface area contributed by atoms with Crippen LogP contribution in [-0.4, -0.2) is 38.5 Å². The van der Waals surface area contributed by atoms with E-state index in [-0.39, 0.29) is 6.61 Å². The highest BCUT2D eigenvalue weighted by molar-refractivity contribution is 5.59. The molecule has 0 amide bonds. The number of tetrazole rings is 1. The standard InChI is InChI=1S/C15H21N5O/c21-11-3-1-2-10-16-13-6-4-12(5-7-13)15-17-18-19-20(15)14-8-9-14/h4-7,14,16,21H,1-3,8-11H2. The third-order valence-corrected chi connectivity index (χ3v) is 3.69. The van der Waals surface area contributed by atoms with E-state index >= 15 is 0 Å². The van der Waals surface area contributed by atoms with Crippen LogP contribution in [0.15, 0.2) is 24.3 Å². The molecule has 1 heterocycles. The third-order valence-electron chi connectivity index (χ3n) is 3.69. The topological polar surface area (TPSA) is 75.9 Å². The number of aliphatic hydroxyl groups is 1. The summed E-state index contributed by atoms with van der Waals surface area (Å²) in [4.78, 5) is 0. The number of rotatable bonds is 8. The van der Waals surface area contributed by atoms with Crippen molar-refractivity contribution in [3.05, 3.63) is 24.3 Å². The normalized spacial score (nSPS) is 14.3. The van der Waals surface area contributed by atoms with E-state index in [4.69, 9.17) is 5.11 Å². The highest BCUT2D eigenvalue weighted by atomic mass is 16.2. The van der Waals surface area contributed by atoms with Crippen molar-refractivity contribution >= 4 is 5.69 Å². The molecule has 6 nitrogen and oxygen atoms in total. The van der Waals surface area contributed by atoms with E-state index < -0.39 is 0 Å². The van der Waals surface area contributed by atoms with Gasteiger partial charge in [0.05, 0.1) is 6.04 Å². The minimum atomic E-state index is 0.282. The molecule has 0 spiro atoms. The molecule has 0 aliphatic heterocycles. The molecule has 0 radical (unpaired) electrons. The number of hydrogen-bond acceptors (Lipinski definition) is 5. The van der Waals surface area contributed by atoms with E-state index in [2.05, 4.69) is 45.1 Å². The molecule has 0 unspecified atom stereocenters. The maximum absolute atomic E-state index is 8.73. The van der Waals surface area contributed by atoms with Crippen LogP contribution in [0, 0.1) is 0 Å². The van der Waals surface area contributed by atoms with E-state index in [1.807, 2.05) is 4.68 Å². The summed E-state index contributed by atoms with van der Waals surface area (Å²) in [5.74, 6) is 0.854. The van der Waals surface area contributed by atoms with Crippen molar-refractivity contribution in [1.29, 1.82) is 0 Å². The fraction of sp³-hybridized carbons (Fsp3) is 0.533. The van der Waals surface area contributed by atoms with Crippen LogP contribution in [0.4, 0.5) is 5.69 Å². The first-order chi connectivity index (χ1) is 10.4. The van der Waals surface area contributed by atoms with Crippen molar-refractivity contribution < 1.29 is 5.11 Å². The lowest BCUT2D eigenvalue weighted by Crippen LogP contribution is -2.02. The Balaban J connectivity index is 1.57. The second-order valence-corrected chi connectivity index (χ2v) is 5.47. The Kier molecular flexibility index (Phi) is 4.45. The quantitative estimate of drug-likeness (QED) is 0.728. The van der Waals surface area contributed by atoms with E-state index in [1.54, 1.807) is 0 Å². The molecule has 21 heavy (non-hydrogen) atoms. The smallest absolute Gasteiger partial charge is 0.182 e. The second kappa shape index (κ2) is 6.67. The van der Waals surface area contributed by atoms with Gasteiger partial charge in [-0.3, -0.25) is 0 Å². The molecule has 2 N–H and O–H groups in total. The molecule has 1 saturated carbocycles. The van der Waals surface area contributed by atoms with Gasteiger partial charge in [0, 0.05) is 24.4 Å². The van der Waals surface area contributed by atoms with Crippen LogP contribution in [0.25, 0.3) is 11.4 Å². The lowest BCUT2D eigenvalue weighted by atomic mass is 10.2. The number of nitrogens with zero attached hydrogens (tertiary/aromatic N) is 4. The van der Waals surface area contributed by atoms with Crippen LogP contribution >= 0.6 is 0 Å². The van der Waals surface area contributed by atoms with Crippen molar-refractivity contribution in [3.8, 4) is 11.4 Å². The highest BCUT2D eigenvalue weighted by Crippen LogP contribution is 2.36. The van der Waals surface area contributed by atoms with Crippen molar-refractivity contribution in [2.24, 2.45) is 0 Å². The van der Waals surface area contributed by atoms with Gasteiger partial charge in [-0.1, -0.05) is 0 Å². The molecule has 1 aromatic heterocycles. The first kappa shape index (κ1) is 14.0. The van der Waals surface area contributed by atoms with Gasteiger partial charge in [0.2, 0.25) is 0 Å². The van der Waals surface area contributed by atoms with Crippen LogP contribution in [0.5, 0.6) is 0 Å². The average molecular weight is 287 g/mol. The number of nitrogens with one attached hydrogen (secondary N) is 1. The Morgan fingerprint density at radius 1 is 1.14 bits per heavy atom. The lowest BCUT2D eigenvalue weighted by Gasteiger charge is -2.07. The zero-order chi connectivity index (χ0) is 14.5. The summed E-state index contributed by atoms with van der Waals surface area (Å²) in [6.45, 7) is 1.21. The summed E-state index contributed by atoms with van der Waals surface area (Å²) < 4.78 is 1.93. The van der Waals surface area contributed by atoms with Crippen LogP contribution in [0.2, 0.25) is 0 Å². The van der Waals surface area contributed by atoms with E-state index in [1.165, 1.54) is 12.8 Å². The number of aliphatic hydroxyl groups excluding tert-OH is 1. The van der Waals surface area contributed by atoms with Crippen molar-refractivity contribution in [3.63, 3.8) is 0 Å². The summed E-state index contributed by atoms with van der Waals surface area (Å²) in [5.41, 5.74) is 2.16. The summed E-state index contributed by atoms with van der Waals surface area (Å²) in [5, 5.41) is 24.1. The molecule has 2 aromatic rings. The summed E-state index contributed by atoms with van der Waals surface area (Å²) in [6.07, 6.45) is 5.35. The van der Waals surface area contributed by atoms with Crippen molar-refractivity contribution in [2.45, 2.75) is 38.1 Å². The first-order valence-electron chi connectivity index (χ1n) is 7.61. The van der Waals surface area contributed by atoms with Crippen LogP contribution in [0.3, 0.4) is 0 Å². The molecule has 3 rings (SSSR count). The molecule has 0 saturated heterocycles. The maximum atomic E-state index is 8.73. The number of aromatic nitrogens is 4. The van der Waals surface area contributed by atoms with E-state index in [9.17, 15) is 0 Å². The Morgan fingerprint density at radius 2 is 1.95 bits per heavy atom. The highest BCUT2D eigenvalue weighted by Gasteiger charge is 2.28.